The van der Waals surface area contributed by atoms with Gasteiger partial charge in [-0.1, -0.05) is 43.4 Å². The fraction of sp³-hybridized carbons (Fsp3) is 0.353. The van der Waals surface area contributed by atoms with Gasteiger partial charge in [-0.05, 0) is 36.5 Å². The standard InChI is InChI=1S/C17H21NO2/c1-3-14-12(2)7-6-8-13(14)11-18-16-10-5-4-9-15(16)17(19)20/h4-9,16,18H,3,10-11H2,1-2H3,(H,19,20). The molecule has 0 fully saturated rings. The zero-order valence-electron chi connectivity index (χ0n) is 12.0. The predicted molar refractivity (Wildman–Crippen MR) is 80.7 cm³/mol. The molecule has 0 saturated heterocycles. The van der Waals surface area contributed by atoms with Crippen LogP contribution in [0.5, 0.6) is 0 Å². The van der Waals surface area contributed by atoms with Gasteiger partial charge in [0.25, 0.3) is 0 Å². The second-order valence-electron chi connectivity index (χ2n) is 5.09. The summed E-state index contributed by atoms with van der Waals surface area (Å²) in [5.74, 6) is -0.841. The molecule has 1 aromatic carbocycles. The van der Waals surface area contributed by atoms with E-state index in [2.05, 4.69) is 37.4 Å². The number of nitrogens with one attached hydrogen (secondary N) is 1. The van der Waals surface area contributed by atoms with E-state index >= 15 is 0 Å². The van der Waals surface area contributed by atoms with Gasteiger partial charge in [-0.15, -0.1) is 0 Å². The topological polar surface area (TPSA) is 49.3 Å². The van der Waals surface area contributed by atoms with Gasteiger partial charge in [0.15, 0.2) is 0 Å². The molecule has 0 amide bonds. The minimum absolute atomic E-state index is 0.109. The van der Waals surface area contributed by atoms with Crippen LogP contribution in [0.2, 0.25) is 0 Å². The Morgan fingerprint density at radius 2 is 2.25 bits per heavy atom. The maximum Gasteiger partial charge on any atom is 0.333 e. The van der Waals surface area contributed by atoms with Crippen molar-refractivity contribution in [3.8, 4) is 0 Å². The van der Waals surface area contributed by atoms with Crippen molar-refractivity contribution in [1.82, 2.24) is 5.32 Å². The first kappa shape index (κ1) is 14.5. The van der Waals surface area contributed by atoms with E-state index in [4.69, 9.17) is 0 Å². The Hall–Kier alpha value is -1.87. The molecule has 1 aliphatic rings. The third-order valence-corrected chi connectivity index (χ3v) is 3.81. The van der Waals surface area contributed by atoms with Gasteiger partial charge in [-0.3, -0.25) is 0 Å². The number of hydrogen-bond donors (Lipinski definition) is 2. The number of carbonyl (C=O) groups is 1. The summed E-state index contributed by atoms with van der Waals surface area (Å²) in [4.78, 5) is 11.2. The number of allylic oxidation sites excluding steroid dienone is 2. The molecular formula is C17H21NO2. The van der Waals surface area contributed by atoms with Gasteiger partial charge in [0.1, 0.15) is 0 Å². The van der Waals surface area contributed by atoms with Crippen LogP contribution in [-0.2, 0) is 17.8 Å². The molecule has 2 N–H and O–H groups in total. The van der Waals surface area contributed by atoms with Crippen LogP contribution >= 0.6 is 0 Å². The first-order chi connectivity index (χ1) is 9.63. The highest BCUT2D eigenvalue weighted by molar-refractivity contribution is 5.88. The molecule has 0 spiro atoms. The van der Waals surface area contributed by atoms with E-state index in [1.807, 2.05) is 12.2 Å². The highest BCUT2D eigenvalue weighted by Gasteiger charge is 2.20. The smallest absolute Gasteiger partial charge is 0.333 e. The van der Waals surface area contributed by atoms with Gasteiger partial charge >= 0.3 is 5.97 Å². The van der Waals surface area contributed by atoms with Crippen molar-refractivity contribution >= 4 is 5.97 Å². The molecule has 0 aromatic heterocycles. The molecule has 3 heteroatoms. The number of rotatable bonds is 5. The summed E-state index contributed by atoms with van der Waals surface area (Å²) < 4.78 is 0. The van der Waals surface area contributed by atoms with Gasteiger partial charge in [-0.25, -0.2) is 4.79 Å². The molecule has 0 aliphatic heterocycles. The van der Waals surface area contributed by atoms with Crippen molar-refractivity contribution in [2.45, 2.75) is 39.3 Å². The van der Waals surface area contributed by atoms with Crippen LogP contribution in [0, 0.1) is 6.92 Å². The molecular weight excluding hydrogens is 250 g/mol. The van der Waals surface area contributed by atoms with Crippen LogP contribution in [0.25, 0.3) is 0 Å². The van der Waals surface area contributed by atoms with E-state index in [9.17, 15) is 9.90 Å². The summed E-state index contributed by atoms with van der Waals surface area (Å²) in [5, 5.41) is 12.6. The number of carboxylic acids is 1. The molecule has 1 atom stereocenters. The molecule has 0 heterocycles. The molecule has 2 rings (SSSR count). The first-order valence-electron chi connectivity index (χ1n) is 7.04. The minimum atomic E-state index is -0.841. The van der Waals surface area contributed by atoms with E-state index in [1.165, 1.54) is 16.7 Å². The lowest BCUT2D eigenvalue weighted by Crippen LogP contribution is -2.34. The molecule has 1 aromatic rings. The van der Waals surface area contributed by atoms with E-state index < -0.39 is 5.97 Å². The minimum Gasteiger partial charge on any atom is -0.478 e. The summed E-state index contributed by atoms with van der Waals surface area (Å²) >= 11 is 0. The maximum absolute atomic E-state index is 11.2. The highest BCUT2D eigenvalue weighted by Crippen LogP contribution is 2.18. The van der Waals surface area contributed by atoms with Gasteiger partial charge < -0.3 is 10.4 Å². The lowest BCUT2D eigenvalue weighted by atomic mass is 9.96. The van der Waals surface area contributed by atoms with Crippen LogP contribution < -0.4 is 5.32 Å². The van der Waals surface area contributed by atoms with Crippen LogP contribution in [0.15, 0.2) is 42.0 Å². The molecule has 106 valence electrons. The van der Waals surface area contributed by atoms with Crippen molar-refractivity contribution in [3.63, 3.8) is 0 Å². The quantitative estimate of drug-likeness (QED) is 0.865. The Bertz CT molecular complexity index is 558. The second kappa shape index (κ2) is 6.53. The van der Waals surface area contributed by atoms with Gasteiger partial charge in [0, 0.05) is 12.6 Å². The number of aryl methyl sites for hydroxylation is 1. The van der Waals surface area contributed by atoms with E-state index in [-0.39, 0.29) is 6.04 Å². The molecule has 1 aliphatic carbocycles. The monoisotopic (exact) mass is 271 g/mol. The average molecular weight is 271 g/mol. The lowest BCUT2D eigenvalue weighted by Gasteiger charge is -2.21. The molecule has 0 bridgehead atoms. The number of aliphatic carboxylic acids is 1. The van der Waals surface area contributed by atoms with Gasteiger partial charge in [0.05, 0.1) is 5.57 Å². The second-order valence-corrected chi connectivity index (χ2v) is 5.09. The fourth-order valence-corrected chi connectivity index (χ4v) is 2.71. The average Bonchev–Trinajstić information content (AvgIpc) is 2.45. The van der Waals surface area contributed by atoms with Crippen molar-refractivity contribution in [1.29, 1.82) is 0 Å². The van der Waals surface area contributed by atoms with Crippen LogP contribution in [0.4, 0.5) is 0 Å². The highest BCUT2D eigenvalue weighted by atomic mass is 16.4. The normalized spacial score (nSPS) is 17.9. The van der Waals surface area contributed by atoms with Gasteiger partial charge in [0.2, 0.25) is 0 Å². The van der Waals surface area contributed by atoms with Crippen molar-refractivity contribution in [2.24, 2.45) is 0 Å². The zero-order valence-corrected chi connectivity index (χ0v) is 12.0. The summed E-state index contributed by atoms with van der Waals surface area (Å²) in [6, 6.07) is 6.18. The Morgan fingerprint density at radius 1 is 1.45 bits per heavy atom. The van der Waals surface area contributed by atoms with E-state index in [1.54, 1.807) is 6.08 Å². The third kappa shape index (κ3) is 3.17. The lowest BCUT2D eigenvalue weighted by molar-refractivity contribution is -0.133. The predicted octanol–water partition coefficient (Wildman–Crippen LogP) is 2.99. The molecule has 3 nitrogen and oxygen atoms in total. The molecule has 1 unspecified atom stereocenters. The molecule has 20 heavy (non-hydrogen) atoms. The van der Waals surface area contributed by atoms with Crippen molar-refractivity contribution < 1.29 is 9.90 Å². The van der Waals surface area contributed by atoms with Crippen LogP contribution in [0.3, 0.4) is 0 Å². The summed E-state index contributed by atoms with van der Waals surface area (Å²) in [5.41, 5.74) is 4.35. The largest absolute Gasteiger partial charge is 0.478 e. The van der Waals surface area contributed by atoms with Crippen LogP contribution in [0.1, 0.15) is 30.0 Å². The maximum atomic E-state index is 11.2. The Labute approximate surface area is 120 Å². The summed E-state index contributed by atoms with van der Waals surface area (Å²) in [6.07, 6.45) is 7.22. The Morgan fingerprint density at radius 3 is 2.95 bits per heavy atom. The summed E-state index contributed by atoms with van der Waals surface area (Å²) in [7, 11) is 0. The first-order valence-corrected chi connectivity index (χ1v) is 7.04. The fourth-order valence-electron chi connectivity index (χ4n) is 2.71. The Balaban J connectivity index is 2.09. The number of carboxylic acid groups (broad SMARTS) is 1. The van der Waals surface area contributed by atoms with Crippen LogP contribution in [-0.4, -0.2) is 17.1 Å². The summed E-state index contributed by atoms with van der Waals surface area (Å²) in [6.45, 7) is 4.97. The third-order valence-electron chi connectivity index (χ3n) is 3.81. The number of hydrogen-bond acceptors (Lipinski definition) is 2. The van der Waals surface area contributed by atoms with Crippen molar-refractivity contribution in [3.05, 3.63) is 58.7 Å². The molecule has 0 radical (unpaired) electrons. The van der Waals surface area contributed by atoms with Gasteiger partial charge in [-0.2, -0.15) is 0 Å². The van der Waals surface area contributed by atoms with E-state index in [0.29, 0.717) is 12.1 Å². The zero-order chi connectivity index (χ0) is 14.5. The van der Waals surface area contributed by atoms with Crippen molar-refractivity contribution in [2.75, 3.05) is 0 Å². The number of benzene rings is 1. The SMILES string of the molecule is CCc1c(C)cccc1CNC1CC=CC=C1C(=O)O. The molecule has 0 saturated carbocycles. The van der Waals surface area contributed by atoms with E-state index in [0.717, 1.165) is 12.8 Å². The Kier molecular flexibility index (Phi) is 4.74.